The van der Waals surface area contributed by atoms with Crippen molar-refractivity contribution < 1.29 is 17.9 Å². The van der Waals surface area contributed by atoms with E-state index in [4.69, 9.17) is 4.74 Å². The Labute approximate surface area is 176 Å². The number of sulfonamides is 1. The molecule has 9 heteroatoms. The molecule has 1 aromatic heterocycles. The van der Waals surface area contributed by atoms with Gasteiger partial charge in [-0.1, -0.05) is 6.07 Å². The first-order chi connectivity index (χ1) is 14.2. The van der Waals surface area contributed by atoms with E-state index in [1.54, 1.807) is 48.5 Å². The average Bonchev–Trinajstić information content (AvgIpc) is 2.74. The Morgan fingerprint density at radius 2 is 1.93 bits per heavy atom. The first-order valence-corrected chi connectivity index (χ1v) is 11.3. The smallest absolute Gasteiger partial charge is 0.263 e. The minimum atomic E-state index is -3.71. The first kappa shape index (κ1) is 22.0. The van der Waals surface area contributed by atoms with Gasteiger partial charge in [-0.2, -0.15) is 0 Å². The van der Waals surface area contributed by atoms with Gasteiger partial charge in [0.25, 0.3) is 11.5 Å². The van der Waals surface area contributed by atoms with Gasteiger partial charge in [0.2, 0.25) is 10.0 Å². The molecule has 2 aromatic rings. The Morgan fingerprint density at radius 3 is 2.60 bits per heavy atom. The van der Waals surface area contributed by atoms with Crippen LogP contribution in [0.2, 0.25) is 0 Å². The van der Waals surface area contributed by atoms with Gasteiger partial charge in [0.1, 0.15) is 16.2 Å². The summed E-state index contributed by atoms with van der Waals surface area (Å²) in [5.41, 5.74) is 0.672. The quantitative estimate of drug-likeness (QED) is 0.745. The molecular weight excluding hydrogens is 406 g/mol. The molecule has 0 atom stereocenters. The van der Waals surface area contributed by atoms with E-state index in [9.17, 15) is 18.0 Å². The molecule has 0 radical (unpaired) electrons. The normalized spacial score (nSPS) is 15.2. The van der Waals surface area contributed by atoms with E-state index in [2.05, 4.69) is 4.72 Å². The molecule has 3 rings (SSSR count). The molecule has 1 fully saturated rings. The second-order valence-electron chi connectivity index (χ2n) is 7.58. The van der Waals surface area contributed by atoms with E-state index in [1.807, 2.05) is 6.92 Å². The SMILES string of the molecule is COc1ccc(C)cc1S(=O)(=O)NCC1CCN(C(=O)c2cccn(C)c2=O)CC1. The van der Waals surface area contributed by atoms with E-state index in [0.29, 0.717) is 31.7 Å². The zero-order valence-corrected chi connectivity index (χ0v) is 18.2. The number of ether oxygens (including phenoxy) is 1. The van der Waals surface area contributed by atoms with Crippen LogP contribution < -0.4 is 15.0 Å². The van der Waals surface area contributed by atoms with Crippen LogP contribution in [0.3, 0.4) is 0 Å². The molecule has 1 aliphatic heterocycles. The second-order valence-corrected chi connectivity index (χ2v) is 9.32. The Balaban J connectivity index is 1.60. The van der Waals surface area contributed by atoms with Gasteiger partial charge < -0.3 is 14.2 Å². The van der Waals surface area contributed by atoms with Gasteiger partial charge in [0.15, 0.2) is 0 Å². The third kappa shape index (κ3) is 4.73. The van der Waals surface area contributed by atoms with Crippen molar-refractivity contribution in [3.05, 3.63) is 58.0 Å². The Morgan fingerprint density at radius 1 is 1.23 bits per heavy atom. The minimum Gasteiger partial charge on any atom is -0.495 e. The van der Waals surface area contributed by atoms with Crippen molar-refractivity contribution in [3.63, 3.8) is 0 Å². The van der Waals surface area contributed by atoms with Crippen LogP contribution in [-0.2, 0) is 17.1 Å². The van der Waals surface area contributed by atoms with Crippen LogP contribution >= 0.6 is 0 Å². The van der Waals surface area contributed by atoms with Crippen molar-refractivity contribution in [3.8, 4) is 5.75 Å². The zero-order valence-electron chi connectivity index (χ0n) is 17.4. The maximum absolute atomic E-state index is 12.7. The van der Waals surface area contributed by atoms with Gasteiger partial charge in [-0.3, -0.25) is 9.59 Å². The number of carbonyl (C=O) groups excluding carboxylic acids is 1. The Kier molecular flexibility index (Phi) is 6.62. The molecule has 0 unspecified atom stereocenters. The lowest BCUT2D eigenvalue weighted by atomic mass is 9.97. The van der Waals surface area contributed by atoms with Gasteiger partial charge in [0.05, 0.1) is 7.11 Å². The highest BCUT2D eigenvalue weighted by atomic mass is 32.2. The van der Waals surface area contributed by atoms with Gasteiger partial charge in [0, 0.05) is 32.9 Å². The first-order valence-electron chi connectivity index (χ1n) is 9.82. The highest BCUT2D eigenvalue weighted by Crippen LogP contribution is 2.25. The number of amides is 1. The molecule has 162 valence electrons. The fourth-order valence-electron chi connectivity index (χ4n) is 3.57. The predicted molar refractivity (Wildman–Crippen MR) is 113 cm³/mol. The fourth-order valence-corrected chi connectivity index (χ4v) is 4.94. The van der Waals surface area contributed by atoms with Crippen molar-refractivity contribution in [2.24, 2.45) is 13.0 Å². The lowest BCUT2D eigenvalue weighted by Crippen LogP contribution is -2.43. The Hall–Kier alpha value is -2.65. The van der Waals surface area contributed by atoms with Crippen LogP contribution in [0.1, 0.15) is 28.8 Å². The summed E-state index contributed by atoms with van der Waals surface area (Å²) < 4.78 is 34.7. The van der Waals surface area contributed by atoms with Crippen molar-refractivity contribution in [1.29, 1.82) is 0 Å². The number of likely N-dealkylation sites (tertiary alicyclic amines) is 1. The number of rotatable bonds is 6. The van der Waals surface area contributed by atoms with Crippen molar-refractivity contribution in [2.45, 2.75) is 24.7 Å². The average molecular weight is 434 g/mol. The summed E-state index contributed by atoms with van der Waals surface area (Å²) >= 11 is 0. The van der Waals surface area contributed by atoms with Crippen LogP contribution in [0, 0.1) is 12.8 Å². The summed E-state index contributed by atoms with van der Waals surface area (Å²) in [7, 11) is -0.655. The van der Waals surface area contributed by atoms with E-state index in [1.165, 1.54) is 11.7 Å². The minimum absolute atomic E-state index is 0.109. The van der Waals surface area contributed by atoms with Crippen LogP contribution in [0.25, 0.3) is 0 Å². The third-order valence-electron chi connectivity index (χ3n) is 5.43. The zero-order chi connectivity index (χ0) is 21.9. The third-order valence-corrected chi connectivity index (χ3v) is 6.87. The monoisotopic (exact) mass is 433 g/mol. The number of nitrogens with zero attached hydrogens (tertiary/aromatic N) is 2. The summed E-state index contributed by atoms with van der Waals surface area (Å²) in [4.78, 5) is 26.6. The second kappa shape index (κ2) is 9.01. The molecule has 0 saturated carbocycles. The lowest BCUT2D eigenvalue weighted by Gasteiger charge is -2.32. The summed E-state index contributed by atoms with van der Waals surface area (Å²) in [6.07, 6.45) is 2.93. The molecule has 0 bridgehead atoms. The number of hydrogen-bond acceptors (Lipinski definition) is 5. The van der Waals surface area contributed by atoms with Crippen LogP contribution in [0.15, 0.2) is 46.2 Å². The molecule has 30 heavy (non-hydrogen) atoms. The predicted octanol–water partition coefficient (Wildman–Crippen LogP) is 1.53. The Bertz CT molecular complexity index is 1090. The lowest BCUT2D eigenvalue weighted by molar-refractivity contribution is 0.0689. The maximum atomic E-state index is 12.7. The number of nitrogens with one attached hydrogen (secondary N) is 1. The van der Waals surface area contributed by atoms with E-state index >= 15 is 0 Å². The summed E-state index contributed by atoms with van der Waals surface area (Å²) in [5.74, 6) is 0.135. The topological polar surface area (TPSA) is 97.7 Å². The van der Waals surface area contributed by atoms with Crippen LogP contribution in [0.5, 0.6) is 5.75 Å². The molecular formula is C21H27N3O5S. The number of methoxy groups -OCH3 is 1. The standard InChI is InChI=1S/C21H27N3O5S/c1-15-6-7-18(29-3)19(13-15)30(27,28)22-14-16-8-11-24(12-9-16)21(26)17-5-4-10-23(2)20(17)25/h4-7,10,13,16,22H,8-9,11-12,14H2,1-3H3. The van der Waals surface area contributed by atoms with Crippen molar-refractivity contribution in [2.75, 3.05) is 26.7 Å². The fraction of sp³-hybridized carbons (Fsp3) is 0.429. The molecule has 1 aromatic carbocycles. The van der Waals surface area contributed by atoms with Gasteiger partial charge in [-0.15, -0.1) is 0 Å². The van der Waals surface area contributed by atoms with Gasteiger partial charge in [-0.05, 0) is 55.5 Å². The van der Waals surface area contributed by atoms with Crippen LogP contribution in [-0.4, -0.2) is 50.5 Å². The number of pyridine rings is 1. The van der Waals surface area contributed by atoms with E-state index in [0.717, 1.165) is 5.56 Å². The molecule has 8 nitrogen and oxygen atoms in total. The molecule has 1 saturated heterocycles. The maximum Gasteiger partial charge on any atom is 0.263 e. The number of carbonyl (C=O) groups is 1. The molecule has 2 heterocycles. The molecule has 0 spiro atoms. The summed E-state index contributed by atoms with van der Waals surface area (Å²) in [6, 6.07) is 8.24. The van der Waals surface area contributed by atoms with Crippen molar-refractivity contribution in [1.82, 2.24) is 14.2 Å². The number of piperidine rings is 1. The molecule has 1 aliphatic rings. The summed E-state index contributed by atoms with van der Waals surface area (Å²) in [6.45, 7) is 3.08. The van der Waals surface area contributed by atoms with E-state index in [-0.39, 0.29) is 34.4 Å². The highest BCUT2D eigenvalue weighted by molar-refractivity contribution is 7.89. The number of aryl methyl sites for hydroxylation is 2. The van der Waals surface area contributed by atoms with Crippen LogP contribution in [0.4, 0.5) is 0 Å². The highest BCUT2D eigenvalue weighted by Gasteiger charge is 2.27. The van der Waals surface area contributed by atoms with Crippen molar-refractivity contribution >= 4 is 15.9 Å². The number of benzene rings is 1. The molecule has 1 amide bonds. The van der Waals surface area contributed by atoms with Gasteiger partial charge >= 0.3 is 0 Å². The molecule has 1 N–H and O–H groups in total. The largest absolute Gasteiger partial charge is 0.495 e. The van der Waals surface area contributed by atoms with E-state index < -0.39 is 10.0 Å². The number of aromatic nitrogens is 1. The number of hydrogen-bond donors (Lipinski definition) is 1. The van der Waals surface area contributed by atoms with Gasteiger partial charge in [-0.25, -0.2) is 13.1 Å². The summed E-state index contributed by atoms with van der Waals surface area (Å²) in [5, 5.41) is 0. The molecule has 0 aliphatic carbocycles.